The van der Waals surface area contributed by atoms with E-state index >= 15 is 0 Å². The molecule has 180 valence electrons. The van der Waals surface area contributed by atoms with Gasteiger partial charge in [-0.3, -0.25) is 4.79 Å². The summed E-state index contributed by atoms with van der Waals surface area (Å²) in [7, 11) is 3.09. The van der Waals surface area contributed by atoms with Gasteiger partial charge >= 0.3 is 0 Å². The Balaban J connectivity index is 2.02. The first-order chi connectivity index (χ1) is 15.9. The summed E-state index contributed by atoms with van der Waals surface area (Å²) < 4.78 is 21.2. The van der Waals surface area contributed by atoms with E-state index in [0.717, 1.165) is 5.56 Å². The summed E-state index contributed by atoms with van der Waals surface area (Å²) in [5.41, 5.74) is 7.36. The molecule has 4 N–H and O–H groups in total. The highest BCUT2D eigenvalue weighted by molar-refractivity contribution is 5.89. The first kappa shape index (κ1) is 26.1. The SMILES string of the molecule is COc1cc(/C=C/C=C/C(=O)N2C=C(CO)C(CN)=C(O)C2C)ccc1OCOC(C)OC. The lowest BCUT2D eigenvalue weighted by molar-refractivity contribution is -0.149. The fourth-order valence-electron chi connectivity index (χ4n) is 3.09. The van der Waals surface area contributed by atoms with Crippen molar-refractivity contribution in [1.82, 2.24) is 4.90 Å². The van der Waals surface area contributed by atoms with Crippen LogP contribution in [0, 0.1) is 0 Å². The Labute approximate surface area is 194 Å². The lowest BCUT2D eigenvalue weighted by Gasteiger charge is -2.31. The van der Waals surface area contributed by atoms with E-state index in [1.54, 1.807) is 58.4 Å². The van der Waals surface area contributed by atoms with Crippen molar-refractivity contribution in [2.24, 2.45) is 5.73 Å². The van der Waals surface area contributed by atoms with Crippen LogP contribution in [0.2, 0.25) is 0 Å². The quantitative estimate of drug-likeness (QED) is 0.261. The average molecular weight is 461 g/mol. The Kier molecular flexibility index (Phi) is 10.1. The van der Waals surface area contributed by atoms with Crippen molar-refractivity contribution in [2.75, 3.05) is 34.2 Å². The van der Waals surface area contributed by atoms with Gasteiger partial charge in [0.1, 0.15) is 5.76 Å². The van der Waals surface area contributed by atoms with Crippen molar-refractivity contribution in [1.29, 1.82) is 0 Å². The number of hydrogen-bond donors (Lipinski definition) is 3. The van der Waals surface area contributed by atoms with Crippen LogP contribution in [0.3, 0.4) is 0 Å². The zero-order valence-corrected chi connectivity index (χ0v) is 19.4. The number of hydrogen-bond acceptors (Lipinski definition) is 8. The Morgan fingerprint density at radius 3 is 2.67 bits per heavy atom. The molecule has 33 heavy (non-hydrogen) atoms. The Morgan fingerprint density at radius 2 is 2.03 bits per heavy atom. The highest BCUT2D eigenvalue weighted by atomic mass is 16.7. The third-order valence-corrected chi connectivity index (χ3v) is 5.11. The molecule has 2 atom stereocenters. The number of carbonyl (C=O) groups is 1. The molecule has 1 aromatic carbocycles. The van der Waals surface area contributed by atoms with Crippen LogP contribution in [0.15, 0.2) is 59.5 Å². The molecular weight excluding hydrogens is 428 g/mol. The average Bonchev–Trinajstić information content (AvgIpc) is 2.83. The number of aliphatic hydroxyl groups excluding tert-OH is 2. The third kappa shape index (κ3) is 6.93. The van der Waals surface area contributed by atoms with Crippen LogP contribution in [0.4, 0.5) is 0 Å². The molecule has 1 aliphatic heterocycles. The van der Waals surface area contributed by atoms with E-state index in [1.165, 1.54) is 17.2 Å². The van der Waals surface area contributed by atoms with Gasteiger partial charge in [-0.15, -0.1) is 0 Å². The van der Waals surface area contributed by atoms with E-state index < -0.39 is 6.04 Å². The maximum absolute atomic E-state index is 12.6. The van der Waals surface area contributed by atoms with E-state index in [-0.39, 0.29) is 37.9 Å². The second kappa shape index (κ2) is 12.8. The number of rotatable bonds is 11. The van der Waals surface area contributed by atoms with Gasteiger partial charge in [0.05, 0.1) is 19.8 Å². The molecule has 1 aromatic rings. The van der Waals surface area contributed by atoms with E-state index in [9.17, 15) is 15.0 Å². The van der Waals surface area contributed by atoms with Crippen molar-refractivity contribution in [2.45, 2.75) is 26.2 Å². The minimum atomic E-state index is -0.576. The number of nitrogens with zero attached hydrogens (tertiary/aromatic N) is 1. The molecular formula is C24H32N2O7. The van der Waals surface area contributed by atoms with E-state index in [0.29, 0.717) is 22.6 Å². The molecule has 0 saturated heterocycles. The van der Waals surface area contributed by atoms with Gasteiger partial charge in [0, 0.05) is 37.1 Å². The van der Waals surface area contributed by atoms with Crippen LogP contribution < -0.4 is 15.2 Å². The van der Waals surface area contributed by atoms with Crippen molar-refractivity contribution in [3.05, 3.63) is 65.1 Å². The molecule has 0 bridgehead atoms. The zero-order chi connectivity index (χ0) is 24.4. The lowest BCUT2D eigenvalue weighted by Crippen LogP contribution is -2.39. The number of nitrogens with two attached hydrogens (primary N) is 1. The maximum Gasteiger partial charge on any atom is 0.251 e. The molecule has 0 aromatic heterocycles. The largest absolute Gasteiger partial charge is 0.510 e. The smallest absolute Gasteiger partial charge is 0.251 e. The summed E-state index contributed by atoms with van der Waals surface area (Å²) in [6, 6.07) is 4.81. The number of ether oxygens (including phenoxy) is 4. The topological polar surface area (TPSA) is 124 Å². The standard InChI is InChI=1S/C24H32N2O7/c1-16-24(29)20(12-25)19(14-27)13-26(16)23(28)8-6-5-7-18-9-10-21(22(11-18)31-4)33-15-32-17(2)30-3/h5-11,13,16-17,27,29H,12,14-15,25H2,1-4H3/b7-5+,8-6+. The first-order valence-electron chi connectivity index (χ1n) is 10.4. The van der Waals surface area contributed by atoms with Crippen LogP contribution in [-0.2, 0) is 14.3 Å². The van der Waals surface area contributed by atoms with Gasteiger partial charge < -0.3 is 39.8 Å². The van der Waals surface area contributed by atoms with Gasteiger partial charge in [-0.05, 0) is 31.5 Å². The molecule has 1 heterocycles. The molecule has 0 fully saturated rings. The number of amides is 1. The van der Waals surface area contributed by atoms with E-state index in [1.807, 2.05) is 6.07 Å². The van der Waals surface area contributed by atoms with Crippen molar-refractivity contribution in [3.63, 3.8) is 0 Å². The molecule has 1 amide bonds. The summed E-state index contributed by atoms with van der Waals surface area (Å²) in [6.45, 7) is 3.22. The molecule has 0 saturated carbocycles. The Hall–Kier alpha value is -3.11. The van der Waals surface area contributed by atoms with Crippen LogP contribution in [0.25, 0.3) is 6.08 Å². The summed E-state index contributed by atoms with van der Waals surface area (Å²) in [5.74, 6) is 0.705. The van der Waals surface area contributed by atoms with Gasteiger partial charge in [0.25, 0.3) is 5.91 Å². The Morgan fingerprint density at radius 1 is 1.27 bits per heavy atom. The predicted octanol–water partition coefficient (Wildman–Crippen LogP) is 2.49. The molecule has 1 aliphatic rings. The maximum atomic E-state index is 12.6. The van der Waals surface area contributed by atoms with Gasteiger partial charge in [0.15, 0.2) is 24.6 Å². The van der Waals surface area contributed by atoms with Gasteiger partial charge in [-0.1, -0.05) is 24.3 Å². The highest BCUT2D eigenvalue weighted by Crippen LogP contribution is 2.29. The lowest BCUT2D eigenvalue weighted by atomic mass is 9.98. The second-order valence-corrected chi connectivity index (χ2v) is 7.16. The number of benzene rings is 1. The minimum absolute atomic E-state index is 0.0159. The van der Waals surface area contributed by atoms with Crippen LogP contribution in [0.1, 0.15) is 19.4 Å². The van der Waals surface area contributed by atoms with Crippen molar-refractivity contribution >= 4 is 12.0 Å². The number of carbonyl (C=O) groups excluding carboxylic acids is 1. The molecule has 9 heteroatoms. The van der Waals surface area contributed by atoms with Crippen LogP contribution in [0.5, 0.6) is 11.5 Å². The highest BCUT2D eigenvalue weighted by Gasteiger charge is 2.28. The number of aliphatic hydroxyl groups is 2. The molecule has 0 spiro atoms. The third-order valence-electron chi connectivity index (χ3n) is 5.11. The second-order valence-electron chi connectivity index (χ2n) is 7.16. The first-order valence-corrected chi connectivity index (χ1v) is 10.4. The summed E-state index contributed by atoms with van der Waals surface area (Å²) in [6.07, 6.45) is 7.62. The van der Waals surface area contributed by atoms with Gasteiger partial charge in [0.2, 0.25) is 0 Å². The number of methoxy groups -OCH3 is 2. The van der Waals surface area contributed by atoms with Crippen molar-refractivity contribution < 1.29 is 34.0 Å². The molecule has 9 nitrogen and oxygen atoms in total. The van der Waals surface area contributed by atoms with Crippen LogP contribution in [-0.4, -0.2) is 67.5 Å². The summed E-state index contributed by atoms with van der Waals surface area (Å²) in [4.78, 5) is 13.9. The minimum Gasteiger partial charge on any atom is -0.510 e. The van der Waals surface area contributed by atoms with E-state index in [2.05, 4.69) is 0 Å². The Bertz CT molecular complexity index is 937. The number of allylic oxidation sites excluding steroid dienone is 2. The molecule has 0 radical (unpaired) electrons. The normalized spacial score (nSPS) is 17.6. The fraction of sp³-hybridized carbons (Fsp3) is 0.375. The monoisotopic (exact) mass is 460 g/mol. The molecule has 2 unspecified atom stereocenters. The summed E-state index contributed by atoms with van der Waals surface area (Å²) >= 11 is 0. The molecule has 2 rings (SSSR count). The van der Waals surface area contributed by atoms with Gasteiger partial charge in [-0.2, -0.15) is 0 Å². The van der Waals surface area contributed by atoms with Gasteiger partial charge in [-0.25, -0.2) is 0 Å². The fourth-order valence-corrected chi connectivity index (χ4v) is 3.09. The molecule has 0 aliphatic carbocycles. The summed E-state index contributed by atoms with van der Waals surface area (Å²) in [5, 5.41) is 19.8. The van der Waals surface area contributed by atoms with E-state index in [4.69, 9.17) is 24.7 Å². The van der Waals surface area contributed by atoms with Crippen LogP contribution >= 0.6 is 0 Å². The zero-order valence-electron chi connectivity index (χ0n) is 19.4. The predicted molar refractivity (Wildman–Crippen MR) is 124 cm³/mol. The van der Waals surface area contributed by atoms with Crippen molar-refractivity contribution in [3.8, 4) is 11.5 Å².